The largest absolute Gasteiger partial charge is 0.320 e. The van der Waals surface area contributed by atoms with Crippen molar-refractivity contribution < 1.29 is 0 Å². The summed E-state index contributed by atoms with van der Waals surface area (Å²) in [6, 6.07) is 10.0. The fourth-order valence-electron chi connectivity index (χ4n) is 4.49. The first-order valence-corrected chi connectivity index (χ1v) is 11.8. The van der Waals surface area contributed by atoms with Crippen molar-refractivity contribution in [3.8, 4) is 0 Å². The Morgan fingerprint density at radius 3 is 1.19 bits per heavy atom. The second-order valence-electron chi connectivity index (χ2n) is 7.93. The van der Waals surface area contributed by atoms with Gasteiger partial charge in [0.25, 0.3) is 0 Å². The van der Waals surface area contributed by atoms with E-state index >= 15 is 0 Å². The number of thiol groups is 1. The molecule has 2 aromatic carbocycles. The van der Waals surface area contributed by atoms with Crippen molar-refractivity contribution in [2.75, 3.05) is 9.34 Å². The molecular weight excluding hydrogens is 355 g/mol. The topological polar surface area (TPSA) is 6.48 Å². The molecule has 1 saturated heterocycles. The van der Waals surface area contributed by atoms with Gasteiger partial charge in [0.2, 0.25) is 0 Å². The minimum atomic E-state index is -0.746. The molecule has 0 aromatic heterocycles. The van der Waals surface area contributed by atoms with Gasteiger partial charge in [-0.2, -0.15) is 0 Å². The Morgan fingerprint density at radius 2 is 0.923 bits per heavy atom. The molecule has 1 heterocycles. The van der Waals surface area contributed by atoms with E-state index in [1.165, 1.54) is 44.8 Å². The van der Waals surface area contributed by atoms with Crippen LogP contribution in [0.4, 0.5) is 11.4 Å². The predicted molar refractivity (Wildman–Crippen MR) is 121 cm³/mol. The van der Waals surface area contributed by atoms with Gasteiger partial charge in [0.1, 0.15) is 0 Å². The number of aryl methyl sites for hydroxylation is 6. The van der Waals surface area contributed by atoms with E-state index in [1.54, 1.807) is 0 Å². The highest BCUT2D eigenvalue weighted by molar-refractivity contribution is 8.46. The molecular formula is C22H31N2PS. The van der Waals surface area contributed by atoms with Crippen LogP contribution < -0.4 is 9.34 Å². The zero-order valence-electron chi connectivity index (χ0n) is 17.3. The van der Waals surface area contributed by atoms with Crippen LogP contribution in [0, 0.1) is 41.5 Å². The van der Waals surface area contributed by atoms with Crippen LogP contribution >= 0.6 is 19.7 Å². The third-order valence-corrected chi connectivity index (χ3v) is 8.64. The Labute approximate surface area is 165 Å². The van der Waals surface area contributed by atoms with E-state index in [0.717, 1.165) is 0 Å². The summed E-state index contributed by atoms with van der Waals surface area (Å²) in [5.41, 5.74) is 10.8. The van der Waals surface area contributed by atoms with Crippen molar-refractivity contribution in [2.45, 2.75) is 67.5 Å². The van der Waals surface area contributed by atoms with Crippen LogP contribution in [0.3, 0.4) is 0 Å². The normalized spacial score (nSPS) is 23.0. The second-order valence-corrected chi connectivity index (χ2v) is 10.4. The number of rotatable bonds is 2. The molecule has 0 bridgehead atoms. The van der Waals surface area contributed by atoms with Crippen LogP contribution in [0.15, 0.2) is 24.3 Å². The Hall–Kier alpha value is -1.18. The van der Waals surface area contributed by atoms with Crippen molar-refractivity contribution in [3.05, 3.63) is 57.6 Å². The van der Waals surface area contributed by atoms with Crippen molar-refractivity contribution in [3.63, 3.8) is 0 Å². The smallest absolute Gasteiger partial charge is 0.157 e. The molecule has 0 amide bonds. The average Bonchev–Trinajstić information content (AvgIpc) is 2.71. The second kappa shape index (κ2) is 7.09. The van der Waals surface area contributed by atoms with E-state index in [0.29, 0.717) is 12.1 Å². The van der Waals surface area contributed by atoms with Gasteiger partial charge < -0.3 is 9.34 Å². The van der Waals surface area contributed by atoms with Crippen molar-refractivity contribution in [2.24, 2.45) is 0 Å². The van der Waals surface area contributed by atoms with Gasteiger partial charge >= 0.3 is 0 Å². The summed E-state index contributed by atoms with van der Waals surface area (Å²) < 4.78 is 5.12. The molecule has 2 aromatic rings. The monoisotopic (exact) mass is 386 g/mol. The lowest BCUT2D eigenvalue weighted by Gasteiger charge is -2.33. The molecule has 1 aliphatic heterocycles. The van der Waals surface area contributed by atoms with E-state index in [1.807, 2.05) is 0 Å². The van der Waals surface area contributed by atoms with Gasteiger partial charge in [-0.15, -0.1) is 12.2 Å². The van der Waals surface area contributed by atoms with E-state index in [9.17, 15) is 0 Å². The summed E-state index contributed by atoms with van der Waals surface area (Å²) in [6.07, 6.45) is 0. The molecule has 1 fully saturated rings. The zero-order chi connectivity index (χ0) is 19.3. The first-order valence-electron chi connectivity index (χ1n) is 9.36. The van der Waals surface area contributed by atoms with Crippen molar-refractivity contribution in [1.82, 2.24) is 0 Å². The predicted octanol–water partition coefficient (Wildman–Crippen LogP) is 6.80. The quantitative estimate of drug-likeness (QED) is 0.448. The Kier molecular flexibility index (Phi) is 5.34. The SMILES string of the molecule is Cc1cc(C)c(N2C(C)[C@@H](C)N(c3c(C)cc(C)cc3C)P2S)c(C)c1. The number of hydrogen-bond acceptors (Lipinski definition) is 3. The maximum Gasteiger partial charge on any atom is 0.157 e. The molecule has 0 aliphatic carbocycles. The van der Waals surface area contributed by atoms with E-state index in [2.05, 4.69) is 89.0 Å². The maximum absolute atomic E-state index is 5.18. The summed E-state index contributed by atoms with van der Waals surface area (Å²) >= 11 is 5.18. The first kappa shape index (κ1) is 19.6. The molecule has 1 aliphatic rings. The van der Waals surface area contributed by atoms with Gasteiger partial charge in [-0.3, -0.25) is 0 Å². The van der Waals surface area contributed by atoms with Crippen LogP contribution in [0.25, 0.3) is 0 Å². The van der Waals surface area contributed by atoms with E-state index in [4.69, 9.17) is 12.2 Å². The molecule has 0 spiro atoms. The third kappa shape index (κ3) is 3.14. The number of anilines is 2. The van der Waals surface area contributed by atoms with Crippen molar-refractivity contribution in [1.29, 1.82) is 0 Å². The molecule has 4 heteroatoms. The van der Waals surface area contributed by atoms with Gasteiger partial charge in [-0.25, -0.2) is 0 Å². The fourth-order valence-corrected chi connectivity index (χ4v) is 8.24. The van der Waals surface area contributed by atoms with Gasteiger partial charge in [0.05, 0.1) is 12.1 Å². The Bertz CT molecular complexity index is 733. The number of benzene rings is 2. The van der Waals surface area contributed by atoms with Gasteiger partial charge in [-0.05, 0) is 77.6 Å². The Morgan fingerprint density at radius 1 is 0.654 bits per heavy atom. The van der Waals surface area contributed by atoms with Crippen LogP contribution in [-0.2, 0) is 0 Å². The lowest BCUT2D eigenvalue weighted by atomic mass is 10.0. The molecule has 3 atom stereocenters. The highest BCUT2D eigenvalue weighted by Gasteiger charge is 2.43. The molecule has 3 rings (SSSR count). The first-order chi connectivity index (χ1) is 12.1. The molecule has 26 heavy (non-hydrogen) atoms. The summed E-state index contributed by atoms with van der Waals surface area (Å²) in [4.78, 5) is 0. The molecule has 0 radical (unpaired) electrons. The maximum atomic E-state index is 5.18. The van der Waals surface area contributed by atoms with E-state index < -0.39 is 7.42 Å². The van der Waals surface area contributed by atoms with Gasteiger partial charge in [0.15, 0.2) is 7.42 Å². The Balaban J connectivity index is 2.11. The molecule has 0 saturated carbocycles. The summed E-state index contributed by atoms with van der Waals surface area (Å²) in [7, 11) is -0.746. The molecule has 2 unspecified atom stereocenters. The van der Waals surface area contributed by atoms with Gasteiger partial charge in [0, 0.05) is 11.4 Å². The molecule has 140 valence electrons. The average molecular weight is 387 g/mol. The summed E-state index contributed by atoms with van der Waals surface area (Å²) in [5, 5.41) is 0. The van der Waals surface area contributed by atoms with Crippen molar-refractivity contribution >= 4 is 31.0 Å². The number of nitrogens with zero attached hydrogens (tertiary/aromatic N) is 2. The minimum Gasteiger partial charge on any atom is -0.320 e. The van der Waals surface area contributed by atoms with Crippen LogP contribution in [0.2, 0.25) is 0 Å². The lowest BCUT2D eigenvalue weighted by Crippen LogP contribution is -2.33. The minimum absolute atomic E-state index is 0.416. The summed E-state index contributed by atoms with van der Waals surface area (Å²) in [6.45, 7) is 18.0. The standard InChI is InChI=1S/C22H31N2PS/c1-13-9-15(3)21(16(4)10-13)23-19(7)20(8)24(25(23)26)22-17(5)11-14(2)12-18(22)6/h9-12,19-20,26H,1-8H3/t19-,20?,25?/m1/s1. The highest BCUT2D eigenvalue weighted by Crippen LogP contribution is 2.62. The van der Waals surface area contributed by atoms with Crippen LogP contribution in [0.5, 0.6) is 0 Å². The highest BCUT2D eigenvalue weighted by atomic mass is 32.7. The van der Waals surface area contributed by atoms with Gasteiger partial charge in [-0.1, -0.05) is 35.4 Å². The van der Waals surface area contributed by atoms with E-state index in [-0.39, 0.29) is 0 Å². The third-order valence-electron chi connectivity index (χ3n) is 5.58. The van der Waals surface area contributed by atoms with Crippen LogP contribution in [-0.4, -0.2) is 12.1 Å². The molecule has 2 nitrogen and oxygen atoms in total. The lowest BCUT2D eigenvalue weighted by molar-refractivity contribution is 0.643. The zero-order valence-corrected chi connectivity index (χ0v) is 19.0. The number of hydrogen-bond donors (Lipinski definition) is 1. The summed E-state index contributed by atoms with van der Waals surface area (Å²) in [5.74, 6) is 0. The van der Waals surface area contributed by atoms with Crippen LogP contribution in [0.1, 0.15) is 47.2 Å². The fraction of sp³-hybridized carbons (Fsp3) is 0.455. The molecule has 0 N–H and O–H groups in total.